The number of rotatable bonds is 3. The minimum atomic E-state index is -0.204. The second-order valence-electron chi connectivity index (χ2n) is 5.72. The fraction of sp³-hybridized carbons (Fsp3) is 0. The first-order valence-electron chi connectivity index (χ1n) is 7.88. The van der Waals surface area contributed by atoms with Crippen molar-refractivity contribution in [1.29, 1.82) is 0 Å². The van der Waals surface area contributed by atoms with E-state index in [0.29, 0.717) is 11.5 Å². The van der Waals surface area contributed by atoms with Gasteiger partial charge in [-0.3, -0.25) is 4.79 Å². The van der Waals surface area contributed by atoms with Crippen molar-refractivity contribution in [1.82, 2.24) is 4.98 Å². The number of hydrogen-bond donors (Lipinski definition) is 2. The lowest BCUT2D eigenvalue weighted by atomic mass is 10.1. The zero-order chi connectivity index (χ0) is 17.2. The maximum absolute atomic E-state index is 11.8. The lowest BCUT2D eigenvalue weighted by molar-refractivity contribution is 0.475. The van der Waals surface area contributed by atoms with Crippen molar-refractivity contribution in [3.05, 3.63) is 89.2 Å². The molecule has 0 saturated heterocycles. The molecule has 0 aliphatic carbocycles. The molecule has 4 aromatic rings. The zero-order valence-corrected chi connectivity index (χ0v) is 13.3. The minimum absolute atomic E-state index is 0.204. The molecule has 1 aromatic heterocycles. The Hall–Kier alpha value is -3.53. The van der Waals surface area contributed by atoms with E-state index in [9.17, 15) is 9.90 Å². The van der Waals surface area contributed by atoms with Gasteiger partial charge in [-0.15, -0.1) is 0 Å². The van der Waals surface area contributed by atoms with Crippen LogP contribution >= 0.6 is 0 Å². The third kappa shape index (κ3) is 3.10. The van der Waals surface area contributed by atoms with Crippen LogP contribution in [0.5, 0.6) is 17.2 Å². The molecular formula is C21H15NO3. The summed E-state index contributed by atoms with van der Waals surface area (Å²) in [6, 6.07) is 23.6. The standard InChI is InChI=1S/C21H15NO3/c23-16-5-3-4-15(12-16)14-8-10-17(11-9-14)25-20-13-21(24)22-19-7-2-1-6-18(19)20/h1-13,23H,(H,22,24). The Bertz CT molecular complexity index is 1100. The van der Waals surface area contributed by atoms with Crippen molar-refractivity contribution in [2.45, 2.75) is 0 Å². The summed E-state index contributed by atoms with van der Waals surface area (Å²) < 4.78 is 5.92. The molecule has 0 aliphatic rings. The van der Waals surface area contributed by atoms with Gasteiger partial charge in [-0.05, 0) is 47.5 Å². The van der Waals surface area contributed by atoms with Gasteiger partial charge in [0.1, 0.15) is 17.2 Å². The minimum Gasteiger partial charge on any atom is -0.508 e. The SMILES string of the molecule is O=c1cc(Oc2ccc(-c3cccc(O)c3)cc2)c2ccccc2[nH]1. The number of aromatic hydroxyl groups is 1. The molecule has 4 heteroatoms. The number of aromatic amines is 1. The fourth-order valence-corrected chi connectivity index (χ4v) is 2.78. The van der Waals surface area contributed by atoms with Crippen LogP contribution in [0.1, 0.15) is 0 Å². The van der Waals surface area contributed by atoms with E-state index < -0.39 is 0 Å². The van der Waals surface area contributed by atoms with Crippen molar-refractivity contribution in [2.75, 3.05) is 0 Å². The summed E-state index contributed by atoms with van der Waals surface area (Å²) in [5, 5.41) is 10.4. The van der Waals surface area contributed by atoms with E-state index >= 15 is 0 Å². The van der Waals surface area contributed by atoms with E-state index in [2.05, 4.69) is 4.98 Å². The molecule has 0 aliphatic heterocycles. The molecular weight excluding hydrogens is 314 g/mol. The van der Waals surface area contributed by atoms with Crippen molar-refractivity contribution in [3.8, 4) is 28.4 Å². The predicted octanol–water partition coefficient (Wildman–Crippen LogP) is 4.69. The lowest BCUT2D eigenvalue weighted by Crippen LogP contribution is -2.04. The second kappa shape index (κ2) is 6.17. The van der Waals surface area contributed by atoms with Gasteiger partial charge in [0, 0.05) is 11.5 Å². The summed E-state index contributed by atoms with van der Waals surface area (Å²) >= 11 is 0. The maximum Gasteiger partial charge on any atom is 0.252 e. The third-order valence-electron chi connectivity index (χ3n) is 3.97. The first-order chi connectivity index (χ1) is 12.2. The van der Waals surface area contributed by atoms with E-state index in [4.69, 9.17) is 4.74 Å². The largest absolute Gasteiger partial charge is 0.508 e. The average Bonchev–Trinajstić information content (AvgIpc) is 2.62. The van der Waals surface area contributed by atoms with Gasteiger partial charge in [0.2, 0.25) is 0 Å². The van der Waals surface area contributed by atoms with Gasteiger partial charge >= 0.3 is 0 Å². The number of pyridine rings is 1. The molecule has 122 valence electrons. The summed E-state index contributed by atoms with van der Waals surface area (Å²) in [6.45, 7) is 0. The molecule has 3 aromatic carbocycles. The van der Waals surface area contributed by atoms with Gasteiger partial charge < -0.3 is 14.8 Å². The molecule has 0 unspecified atom stereocenters. The Morgan fingerprint density at radius 2 is 1.60 bits per heavy atom. The van der Waals surface area contributed by atoms with Crippen LogP contribution in [0.15, 0.2) is 83.7 Å². The van der Waals surface area contributed by atoms with Gasteiger partial charge in [-0.25, -0.2) is 0 Å². The van der Waals surface area contributed by atoms with Crippen LogP contribution in [-0.2, 0) is 0 Å². The molecule has 0 fully saturated rings. The summed E-state index contributed by atoms with van der Waals surface area (Å²) in [7, 11) is 0. The van der Waals surface area contributed by atoms with Crippen LogP contribution < -0.4 is 10.3 Å². The van der Waals surface area contributed by atoms with E-state index in [1.54, 1.807) is 18.2 Å². The number of H-pyrrole nitrogens is 1. The van der Waals surface area contributed by atoms with Crippen LogP contribution in [0, 0.1) is 0 Å². The molecule has 0 spiro atoms. The van der Waals surface area contributed by atoms with Gasteiger partial charge in [-0.1, -0.05) is 36.4 Å². The zero-order valence-electron chi connectivity index (χ0n) is 13.3. The first-order valence-corrected chi connectivity index (χ1v) is 7.88. The van der Waals surface area contributed by atoms with E-state index in [1.165, 1.54) is 6.07 Å². The summed E-state index contributed by atoms with van der Waals surface area (Å²) in [6.07, 6.45) is 0. The normalized spacial score (nSPS) is 10.7. The molecule has 25 heavy (non-hydrogen) atoms. The first kappa shape index (κ1) is 15.0. The van der Waals surface area contributed by atoms with Crippen LogP contribution in [0.3, 0.4) is 0 Å². The number of para-hydroxylation sites is 1. The molecule has 0 amide bonds. The molecule has 0 bridgehead atoms. The molecule has 2 N–H and O–H groups in total. The Labute approximate surface area is 144 Å². The highest BCUT2D eigenvalue weighted by Gasteiger charge is 2.06. The molecule has 4 rings (SSSR count). The van der Waals surface area contributed by atoms with Crippen molar-refractivity contribution in [3.63, 3.8) is 0 Å². The van der Waals surface area contributed by atoms with Gasteiger partial charge in [0.25, 0.3) is 5.56 Å². The Balaban J connectivity index is 1.67. The number of fused-ring (bicyclic) bond motifs is 1. The second-order valence-corrected chi connectivity index (χ2v) is 5.72. The van der Waals surface area contributed by atoms with Gasteiger partial charge in [0.05, 0.1) is 5.52 Å². The van der Waals surface area contributed by atoms with Crippen LogP contribution in [0.4, 0.5) is 0 Å². The Morgan fingerprint density at radius 3 is 2.40 bits per heavy atom. The average molecular weight is 329 g/mol. The van der Waals surface area contributed by atoms with E-state index in [-0.39, 0.29) is 11.3 Å². The number of phenols is 1. The number of benzene rings is 3. The van der Waals surface area contributed by atoms with Crippen LogP contribution in [-0.4, -0.2) is 10.1 Å². The number of ether oxygens (including phenoxy) is 1. The highest BCUT2D eigenvalue weighted by Crippen LogP contribution is 2.30. The topological polar surface area (TPSA) is 62.3 Å². The predicted molar refractivity (Wildman–Crippen MR) is 98.2 cm³/mol. The third-order valence-corrected chi connectivity index (χ3v) is 3.97. The van der Waals surface area contributed by atoms with Crippen molar-refractivity contribution >= 4 is 10.9 Å². The van der Waals surface area contributed by atoms with Gasteiger partial charge in [-0.2, -0.15) is 0 Å². The molecule has 1 heterocycles. The molecule has 0 atom stereocenters. The Morgan fingerprint density at radius 1 is 0.800 bits per heavy atom. The van der Waals surface area contributed by atoms with E-state index in [0.717, 1.165) is 22.0 Å². The van der Waals surface area contributed by atoms with Crippen molar-refractivity contribution < 1.29 is 9.84 Å². The maximum atomic E-state index is 11.8. The lowest BCUT2D eigenvalue weighted by Gasteiger charge is -2.09. The number of hydrogen-bond acceptors (Lipinski definition) is 3. The van der Waals surface area contributed by atoms with Crippen LogP contribution in [0.25, 0.3) is 22.0 Å². The Kier molecular flexibility index (Phi) is 3.71. The number of aromatic nitrogens is 1. The molecule has 0 radical (unpaired) electrons. The number of nitrogens with one attached hydrogen (secondary N) is 1. The summed E-state index contributed by atoms with van der Waals surface area (Å²) in [4.78, 5) is 14.6. The van der Waals surface area contributed by atoms with Crippen LogP contribution in [0.2, 0.25) is 0 Å². The number of phenolic OH excluding ortho intramolecular Hbond substituents is 1. The van der Waals surface area contributed by atoms with Gasteiger partial charge in [0.15, 0.2) is 0 Å². The smallest absolute Gasteiger partial charge is 0.252 e. The fourth-order valence-electron chi connectivity index (χ4n) is 2.78. The van der Waals surface area contributed by atoms with E-state index in [1.807, 2.05) is 54.6 Å². The molecule has 0 saturated carbocycles. The highest BCUT2D eigenvalue weighted by atomic mass is 16.5. The monoisotopic (exact) mass is 329 g/mol. The summed E-state index contributed by atoms with van der Waals surface area (Å²) in [5.41, 5.74) is 2.43. The highest BCUT2D eigenvalue weighted by molar-refractivity contribution is 5.84. The van der Waals surface area contributed by atoms with Crippen molar-refractivity contribution in [2.24, 2.45) is 0 Å². The molecule has 4 nitrogen and oxygen atoms in total. The summed E-state index contributed by atoms with van der Waals surface area (Å²) in [5.74, 6) is 1.39. The quantitative estimate of drug-likeness (QED) is 0.573.